The summed E-state index contributed by atoms with van der Waals surface area (Å²) in [6, 6.07) is 2.21. The Labute approximate surface area is 113 Å². The number of hydrogen-bond acceptors (Lipinski definition) is 4. The van der Waals surface area contributed by atoms with Crippen LogP contribution in [0.4, 0.5) is 0 Å². The summed E-state index contributed by atoms with van der Waals surface area (Å²) in [5.41, 5.74) is 6.29. The van der Waals surface area contributed by atoms with Crippen LogP contribution in [-0.4, -0.2) is 19.6 Å². The summed E-state index contributed by atoms with van der Waals surface area (Å²) in [5, 5.41) is 8.64. The van der Waals surface area contributed by atoms with E-state index >= 15 is 0 Å². The van der Waals surface area contributed by atoms with Crippen molar-refractivity contribution >= 4 is 0 Å². The van der Waals surface area contributed by atoms with Gasteiger partial charge in [-0.15, -0.1) is 0 Å². The van der Waals surface area contributed by atoms with Gasteiger partial charge in [-0.3, -0.25) is 20.6 Å². The average Bonchev–Trinajstić information content (AvgIpc) is 2.96. The van der Waals surface area contributed by atoms with Crippen LogP contribution in [0.1, 0.15) is 36.3 Å². The van der Waals surface area contributed by atoms with Crippen molar-refractivity contribution in [2.24, 2.45) is 12.9 Å². The largest absolute Gasteiger partial charge is 0.276 e. The Morgan fingerprint density at radius 2 is 2.26 bits per heavy atom. The molecule has 2 heterocycles. The van der Waals surface area contributed by atoms with Crippen LogP contribution in [0.25, 0.3) is 0 Å². The molecule has 3 N–H and O–H groups in total. The molecule has 6 heteroatoms. The van der Waals surface area contributed by atoms with E-state index < -0.39 is 0 Å². The van der Waals surface area contributed by atoms with Crippen LogP contribution in [0.2, 0.25) is 0 Å². The third-order valence-corrected chi connectivity index (χ3v) is 3.27. The van der Waals surface area contributed by atoms with E-state index in [0.29, 0.717) is 0 Å². The van der Waals surface area contributed by atoms with Crippen molar-refractivity contribution < 1.29 is 0 Å². The minimum absolute atomic E-state index is 0.112. The van der Waals surface area contributed by atoms with Gasteiger partial charge in [-0.25, -0.2) is 0 Å². The van der Waals surface area contributed by atoms with E-state index in [9.17, 15) is 0 Å². The fraction of sp³-hybridized carbons (Fsp3) is 0.538. The molecule has 0 amide bonds. The van der Waals surface area contributed by atoms with Gasteiger partial charge in [-0.05, 0) is 38.3 Å². The monoisotopic (exact) mass is 262 g/mol. The van der Waals surface area contributed by atoms with Gasteiger partial charge >= 0.3 is 0 Å². The molecule has 0 radical (unpaired) electrons. The highest BCUT2D eigenvalue weighted by atomic mass is 15.3. The number of rotatable bonds is 6. The number of nitrogens with zero attached hydrogens (tertiary/aromatic N) is 4. The Hall–Kier alpha value is -1.66. The lowest BCUT2D eigenvalue weighted by Gasteiger charge is -2.16. The van der Waals surface area contributed by atoms with Gasteiger partial charge in [0, 0.05) is 19.8 Å². The summed E-state index contributed by atoms with van der Waals surface area (Å²) in [6.45, 7) is 4.95. The number of aromatic nitrogens is 4. The van der Waals surface area contributed by atoms with Crippen LogP contribution in [0.15, 0.2) is 18.5 Å². The Morgan fingerprint density at radius 1 is 1.47 bits per heavy atom. The van der Waals surface area contributed by atoms with Gasteiger partial charge in [-0.1, -0.05) is 0 Å². The van der Waals surface area contributed by atoms with Crippen LogP contribution in [0.5, 0.6) is 0 Å². The third kappa shape index (κ3) is 3.21. The molecule has 1 unspecified atom stereocenters. The molecule has 1 atom stereocenters. The third-order valence-electron chi connectivity index (χ3n) is 3.27. The van der Waals surface area contributed by atoms with Gasteiger partial charge in [-0.2, -0.15) is 10.2 Å². The van der Waals surface area contributed by atoms with Crippen molar-refractivity contribution in [1.29, 1.82) is 0 Å². The van der Waals surface area contributed by atoms with Gasteiger partial charge in [0.1, 0.15) is 0 Å². The van der Waals surface area contributed by atoms with Crippen molar-refractivity contribution in [3.05, 3.63) is 35.4 Å². The zero-order valence-corrected chi connectivity index (χ0v) is 11.8. The van der Waals surface area contributed by atoms with E-state index in [0.717, 1.165) is 30.8 Å². The van der Waals surface area contributed by atoms with E-state index in [1.165, 1.54) is 5.56 Å². The Kier molecular flexibility index (Phi) is 4.34. The van der Waals surface area contributed by atoms with Gasteiger partial charge in [0.25, 0.3) is 0 Å². The lowest BCUT2D eigenvalue weighted by molar-refractivity contribution is 0.466. The molecule has 19 heavy (non-hydrogen) atoms. The van der Waals surface area contributed by atoms with E-state index in [-0.39, 0.29) is 6.04 Å². The number of nitrogens with one attached hydrogen (secondary N) is 1. The molecule has 0 aromatic carbocycles. The van der Waals surface area contributed by atoms with Gasteiger partial charge in [0.2, 0.25) is 0 Å². The fourth-order valence-corrected chi connectivity index (χ4v) is 2.33. The second-order valence-electron chi connectivity index (χ2n) is 4.81. The maximum absolute atomic E-state index is 5.70. The fourth-order valence-electron chi connectivity index (χ4n) is 2.33. The van der Waals surface area contributed by atoms with Crippen molar-refractivity contribution in [3.63, 3.8) is 0 Å². The van der Waals surface area contributed by atoms with Crippen LogP contribution in [0.3, 0.4) is 0 Å². The van der Waals surface area contributed by atoms with Gasteiger partial charge in [0.15, 0.2) is 0 Å². The van der Waals surface area contributed by atoms with Gasteiger partial charge in [0.05, 0.1) is 23.6 Å². The SMILES string of the molecule is CCn1nc(C)cc1C(CCc1cnn(C)c1)NN. The van der Waals surface area contributed by atoms with Crippen LogP contribution in [-0.2, 0) is 20.0 Å². The highest BCUT2D eigenvalue weighted by molar-refractivity contribution is 5.14. The zero-order chi connectivity index (χ0) is 13.8. The summed E-state index contributed by atoms with van der Waals surface area (Å²) in [7, 11) is 1.93. The number of hydrogen-bond donors (Lipinski definition) is 2. The highest BCUT2D eigenvalue weighted by Crippen LogP contribution is 2.19. The maximum atomic E-state index is 5.70. The molecule has 0 spiro atoms. The molecule has 0 bridgehead atoms. The Bertz CT molecular complexity index is 527. The van der Waals surface area contributed by atoms with Crippen LogP contribution < -0.4 is 11.3 Å². The minimum Gasteiger partial charge on any atom is -0.276 e. The predicted molar refractivity (Wildman–Crippen MR) is 74.2 cm³/mol. The number of aryl methyl sites for hydroxylation is 4. The standard InChI is InChI=1S/C13H22N6/c1-4-19-13(7-10(2)17-19)12(16-14)6-5-11-8-15-18(3)9-11/h7-9,12,16H,4-6,14H2,1-3H3. The van der Waals surface area contributed by atoms with Crippen molar-refractivity contribution in [3.8, 4) is 0 Å². The predicted octanol–water partition coefficient (Wildman–Crippen LogP) is 1.08. The van der Waals surface area contributed by atoms with E-state index in [4.69, 9.17) is 5.84 Å². The second kappa shape index (κ2) is 5.99. The van der Waals surface area contributed by atoms with Crippen molar-refractivity contribution in [2.45, 2.75) is 39.3 Å². The smallest absolute Gasteiger partial charge is 0.0632 e. The molecular formula is C13H22N6. The molecule has 2 aromatic rings. The van der Waals surface area contributed by atoms with E-state index in [1.54, 1.807) is 0 Å². The van der Waals surface area contributed by atoms with Crippen LogP contribution in [0, 0.1) is 6.92 Å². The van der Waals surface area contributed by atoms with E-state index in [2.05, 4.69) is 28.6 Å². The first-order valence-corrected chi connectivity index (χ1v) is 6.62. The molecule has 0 saturated heterocycles. The first-order valence-electron chi connectivity index (χ1n) is 6.62. The maximum Gasteiger partial charge on any atom is 0.0632 e. The lowest BCUT2D eigenvalue weighted by atomic mass is 10.1. The highest BCUT2D eigenvalue weighted by Gasteiger charge is 2.15. The molecular weight excluding hydrogens is 240 g/mol. The lowest BCUT2D eigenvalue weighted by Crippen LogP contribution is -2.30. The topological polar surface area (TPSA) is 73.7 Å². The first-order chi connectivity index (χ1) is 9.13. The Balaban J connectivity index is 2.07. The second-order valence-corrected chi connectivity index (χ2v) is 4.81. The normalized spacial score (nSPS) is 12.8. The molecule has 0 aliphatic rings. The minimum atomic E-state index is 0.112. The summed E-state index contributed by atoms with van der Waals surface area (Å²) in [6.07, 6.45) is 5.80. The molecule has 0 aliphatic carbocycles. The van der Waals surface area contributed by atoms with Crippen molar-refractivity contribution in [2.75, 3.05) is 0 Å². The molecule has 0 fully saturated rings. The average molecular weight is 262 g/mol. The number of nitrogens with two attached hydrogens (primary N) is 1. The molecule has 2 aromatic heterocycles. The summed E-state index contributed by atoms with van der Waals surface area (Å²) < 4.78 is 3.82. The van der Waals surface area contributed by atoms with Gasteiger partial charge < -0.3 is 0 Å². The van der Waals surface area contributed by atoms with E-state index in [1.807, 2.05) is 35.7 Å². The first kappa shape index (κ1) is 13.8. The summed E-state index contributed by atoms with van der Waals surface area (Å²) in [4.78, 5) is 0. The summed E-state index contributed by atoms with van der Waals surface area (Å²) in [5.74, 6) is 5.70. The summed E-state index contributed by atoms with van der Waals surface area (Å²) >= 11 is 0. The molecule has 0 saturated carbocycles. The Morgan fingerprint density at radius 3 is 2.84 bits per heavy atom. The van der Waals surface area contributed by atoms with Crippen molar-refractivity contribution in [1.82, 2.24) is 25.0 Å². The molecule has 6 nitrogen and oxygen atoms in total. The molecule has 0 aliphatic heterocycles. The molecule has 104 valence electrons. The number of hydrazine groups is 1. The quantitative estimate of drug-likeness (QED) is 0.603. The molecule has 2 rings (SSSR count). The van der Waals surface area contributed by atoms with Crippen LogP contribution >= 0.6 is 0 Å². The zero-order valence-electron chi connectivity index (χ0n) is 11.8.